The van der Waals surface area contributed by atoms with Crippen molar-refractivity contribution in [3.05, 3.63) is 59.4 Å². The minimum Gasteiger partial charge on any atom is -0.494 e. The van der Waals surface area contributed by atoms with E-state index in [0.29, 0.717) is 24.1 Å². The van der Waals surface area contributed by atoms with E-state index >= 15 is 0 Å². The number of hydrogen-bond donors (Lipinski definition) is 1. The number of carbonyl (C=O) groups excluding carboxylic acids is 3. The number of anilines is 1. The number of carbonyl (C=O) groups is 3. The summed E-state index contributed by atoms with van der Waals surface area (Å²) in [5, 5.41) is 2.47. The van der Waals surface area contributed by atoms with Gasteiger partial charge in [0.1, 0.15) is 13.2 Å². The predicted molar refractivity (Wildman–Crippen MR) is 103 cm³/mol. The molecular formula is C21H21FN2O5. The van der Waals surface area contributed by atoms with Gasteiger partial charge in [0.05, 0.1) is 7.11 Å². The van der Waals surface area contributed by atoms with Gasteiger partial charge in [-0.1, -0.05) is 6.07 Å². The highest BCUT2D eigenvalue weighted by atomic mass is 19.1. The van der Waals surface area contributed by atoms with E-state index < -0.39 is 17.7 Å². The van der Waals surface area contributed by atoms with E-state index in [2.05, 4.69) is 5.32 Å². The first-order chi connectivity index (χ1) is 14.0. The zero-order chi connectivity index (χ0) is 20.8. The van der Waals surface area contributed by atoms with Crippen LogP contribution in [-0.2, 0) is 20.9 Å². The SMILES string of the molecule is COc1ccc(COC(=O)CNC(=O)c2ccc(N3CCCC3=O)cc2)cc1F. The van der Waals surface area contributed by atoms with Crippen LogP contribution in [0.1, 0.15) is 28.8 Å². The molecule has 7 nitrogen and oxygen atoms in total. The molecule has 1 saturated heterocycles. The second-order valence-electron chi connectivity index (χ2n) is 6.51. The Labute approximate surface area is 167 Å². The number of hydrogen-bond acceptors (Lipinski definition) is 5. The summed E-state index contributed by atoms with van der Waals surface area (Å²) in [5.41, 5.74) is 1.58. The van der Waals surface area contributed by atoms with E-state index in [4.69, 9.17) is 9.47 Å². The number of benzene rings is 2. The topological polar surface area (TPSA) is 84.9 Å². The summed E-state index contributed by atoms with van der Waals surface area (Å²) in [6.45, 7) is 0.242. The molecule has 0 radical (unpaired) electrons. The fraction of sp³-hybridized carbons (Fsp3) is 0.286. The number of methoxy groups -OCH3 is 1. The van der Waals surface area contributed by atoms with Gasteiger partial charge in [0.25, 0.3) is 5.91 Å². The molecule has 29 heavy (non-hydrogen) atoms. The molecule has 0 saturated carbocycles. The van der Waals surface area contributed by atoms with Crippen LogP contribution in [0.25, 0.3) is 0 Å². The van der Waals surface area contributed by atoms with Crippen LogP contribution in [0.4, 0.5) is 10.1 Å². The number of rotatable bonds is 7. The molecule has 0 atom stereocenters. The highest BCUT2D eigenvalue weighted by Gasteiger charge is 2.21. The van der Waals surface area contributed by atoms with Gasteiger partial charge in [-0.15, -0.1) is 0 Å². The molecule has 1 aliphatic rings. The van der Waals surface area contributed by atoms with Crippen molar-refractivity contribution in [3.8, 4) is 5.75 Å². The number of halogens is 1. The molecule has 0 bridgehead atoms. The first-order valence-electron chi connectivity index (χ1n) is 9.14. The highest BCUT2D eigenvalue weighted by Crippen LogP contribution is 2.21. The maximum absolute atomic E-state index is 13.6. The van der Waals surface area contributed by atoms with Gasteiger partial charge in [-0.05, 0) is 48.4 Å². The Balaban J connectivity index is 1.46. The third-order valence-corrected chi connectivity index (χ3v) is 4.52. The third-order valence-electron chi connectivity index (χ3n) is 4.52. The maximum atomic E-state index is 13.6. The third kappa shape index (κ3) is 5.10. The second kappa shape index (κ2) is 9.18. The van der Waals surface area contributed by atoms with Crippen LogP contribution in [0, 0.1) is 5.82 Å². The fourth-order valence-corrected chi connectivity index (χ4v) is 2.98. The van der Waals surface area contributed by atoms with Crippen molar-refractivity contribution in [1.29, 1.82) is 0 Å². The van der Waals surface area contributed by atoms with E-state index in [0.717, 1.165) is 12.1 Å². The number of esters is 1. The average Bonchev–Trinajstić information content (AvgIpc) is 3.16. The number of amides is 2. The maximum Gasteiger partial charge on any atom is 0.325 e. The lowest BCUT2D eigenvalue weighted by atomic mass is 10.2. The van der Waals surface area contributed by atoms with Crippen molar-refractivity contribution in [2.45, 2.75) is 19.4 Å². The largest absolute Gasteiger partial charge is 0.494 e. The molecule has 0 spiro atoms. The Morgan fingerprint density at radius 3 is 2.55 bits per heavy atom. The molecule has 0 unspecified atom stereocenters. The lowest BCUT2D eigenvalue weighted by Crippen LogP contribution is -2.30. The van der Waals surface area contributed by atoms with Gasteiger partial charge >= 0.3 is 5.97 Å². The van der Waals surface area contributed by atoms with Gasteiger partial charge in [-0.2, -0.15) is 0 Å². The van der Waals surface area contributed by atoms with E-state index in [-0.39, 0.29) is 24.8 Å². The Hall–Kier alpha value is -3.42. The molecule has 1 heterocycles. The molecule has 2 amide bonds. The van der Waals surface area contributed by atoms with E-state index in [9.17, 15) is 18.8 Å². The molecule has 152 valence electrons. The minimum atomic E-state index is -0.645. The highest BCUT2D eigenvalue weighted by molar-refractivity contribution is 5.98. The molecule has 1 aliphatic heterocycles. The molecule has 0 aliphatic carbocycles. The molecule has 0 aromatic heterocycles. The van der Waals surface area contributed by atoms with Crippen molar-refractivity contribution in [1.82, 2.24) is 5.32 Å². The van der Waals surface area contributed by atoms with Gasteiger partial charge in [-0.3, -0.25) is 14.4 Å². The number of nitrogens with zero attached hydrogens (tertiary/aromatic N) is 1. The normalized spacial score (nSPS) is 13.3. The number of ether oxygens (including phenoxy) is 2. The molecule has 3 rings (SSSR count). The fourth-order valence-electron chi connectivity index (χ4n) is 2.98. The van der Waals surface area contributed by atoms with Crippen LogP contribution >= 0.6 is 0 Å². The van der Waals surface area contributed by atoms with Crippen molar-refractivity contribution in [3.63, 3.8) is 0 Å². The molecule has 2 aromatic rings. The average molecular weight is 400 g/mol. The predicted octanol–water partition coefficient (Wildman–Crippen LogP) is 2.43. The van der Waals surface area contributed by atoms with Crippen LogP contribution in [0.5, 0.6) is 5.75 Å². The number of nitrogens with one attached hydrogen (secondary N) is 1. The molecule has 8 heteroatoms. The summed E-state index contributed by atoms with van der Waals surface area (Å²) in [4.78, 5) is 37.4. The van der Waals surface area contributed by atoms with E-state index in [1.54, 1.807) is 35.2 Å². The van der Waals surface area contributed by atoms with Gasteiger partial charge in [0.2, 0.25) is 5.91 Å². The summed E-state index contributed by atoms with van der Waals surface area (Å²) in [6.07, 6.45) is 1.36. The van der Waals surface area contributed by atoms with Crippen molar-refractivity contribution < 1.29 is 28.2 Å². The van der Waals surface area contributed by atoms with Gasteiger partial charge < -0.3 is 19.7 Å². The van der Waals surface area contributed by atoms with Crippen molar-refractivity contribution in [2.24, 2.45) is 0 Å². The van der Waals surface area contributed by atoms with Gasteiger partial charge in [0.15, 0.2) is 11.6 Å². The minimum absolute atomic E-state index is 0.0710. The summed E-state index contributed by atoms with van der Waals surface area (Å²) in [6, 6.07) is 10.9. The van der Waals surface area contributed by atoms with Gasteiger partial charge in [-0.25, -0.2) is 4.39 Å². The van der Waals surface area contributed by atoms with Crippen molar-refractivity contribution >= 4 is 23.5 Å². The lowest BCUT2D eigenvalue weighted by Gasteiger charge is -2.15. The smallest absolute Gasteiger partial charge is 0.325 e. The molecular weight excluding hydrogens is 379 g/mol. The second-order valence-corrected chi connectivity index (χ2v) is 6.51. The lowest BCUT2D eigenvalue weighted by molar-refractivity contribution is -0.143. The first kappa shape index (κ1) is 20.3. The quantitative estimate of drug-likeness (QED) is 0.722. The Kier molecular flexibility index (Phi) is 6.43. The first-order valence-corrected chi connectivity index (χ1v) is 9.14. The van der Waals surface area contributed by atoms with E-state index in [1.165, 1.54) is 19.2 Å². The Bertz CT molecular complexity index is 914. The summed E-state index contributed by atoms with van der Waals surface area (Å²) in [7, 11) is 1.36. The van der Waals surface area contributed by atoms with Crippen LogP contribution in [-0.4, -0.2) is 38.0 Å². The van der Waals surface area contributed by atoms with Crippen LogP contribution < -0.4 is 15.0 Å². The summed E-state index contributed by atoms with van der Waals surface area (Å²) >= 11 is 0. The zero-order valence-corrected chi connectivity index (χ0v) is 15.9. The van der Waals surface area contributed by atoms with Crippen molar-refractivity contribution in [2.75, 3.05) is 25.1 Å². The summed E-state index contributed by atoms with van der Waals surface area (Å²) in [5.74, 6) is -1.45. The zero-order valence-electron chi connectivity index (χ0n) is 15.9. The Morgan fingerprint density at radius 2 is 1.93 bits per heavy atom. The van der Waals surface area contributed by atoms with E-state index in [1.807, 2.05) is 0 Å². The van der Waals surface area contributed by atoms with Gasteiger partial charge in [0, 0.05) is 24.2 Å². The van der Waals surface area contributed by atoms with Crippen LogP contribution in [0.15, 0.2) is 42.5 Å². The molecule has 2 aromatic carbocycles. The van der Waals surface area contributed by atoms with Crippen LogP contribution in [0.2, 0.25) is 0 Å². The molecule has 1 fully saturated rings. The monoisotopic (exact) mass is 400 g/mol. The Morgan fingerprint density at radius 1 is 1.17 bits per heavy atom. The van der Waals surface area contributed by atoms with Crippen LogP contribution in [0.3, 0.4) is 0 Å². The standard InChI is InChI=1S/C21H21FN2O5/c1-28-18-9-4-14(11-17(18)22)13-29-20(26)12-23-21(27)15-5-7-16(8-6-15)24-10-2-3-19(24)25/h4-9,11H,2-3,10,12-13H2,1H3,(H,23,27). The molecule has 1 N–H and O–H groups in total. The summed E-state index contributed by atoms with van der Waals surface area (Å²) < 4.78 is 23.5.